The predicted octanol–water partition coefficient (Wildman–Crippen LogP) is 5.72. The molecule has 0 radical (unpaired) electrons. The van der Waals surface area contributed by atoms with Crippen LogP contribution in [0.2, 0.25) is 10.0 Å². The van der Waals surface area contributed by atoms with Crippen LogP contribution in [0, 0.1) is 13.8 Å². The number of amides is 1. The zero-order valence-corrected chi connectivity index (χ0v) is 16.4. The van der Waals surface area contributed by atoms with Crippen molar-refractivity contribution in [2.24, 2.45) is 0 Å². The van der Waals surface area contributed by atoms with Crippen molar-refractivity contribution in [3.63, 3.8) is 0 Å². The predicted molar refractivity (Wildman–Crippen MR) is 105 cm³/mol. The van der Waals surface area contributed by atoms with E-state index in [4.69, 9.17) is 23.2 Å². The van der Waals surface area contributed by atoms with Crippen LogP contribution in [0.15, 0.2) is 36.4 Å². The Labute approximate surface area is 157 Å². The third-order valence-corrected chi connectivity index (χ3v) is 5.62. The number of rotatable bonds is 6. The van der Waals surface area contributed by atoms with E-state index in [9.17, 15) is 4.79 Å². The van der Waals surface area contributed by atoms with E-state index in [0.29, 0.717) is 21.6 Å². The molecule has 1 amide bonds. The van der Waals surface area contributed by atoms with Crippen molar-refractivity contribution in [2.45, 2.75) is 32.6 Å². The van der Waals surface area contributed by atoms with Gasteiger partial charge in [0, 0.05) is 15.8 Å². The van der Waals surface area contributed by atoms with Gasteiger partial charge in [-0.3, -0.25) is 4.79 Å². The molecule has 0 fully saturated rings. The summed E-state index contributed by atoms with van der Waals surface area (Å²) in [5.74, 6) is 0.995. The number of hydrogen-bond donors (Lipinski definition) is 1. The molecule has 0 saturated heterocycles. The van der Waals surface area contributed by atoms with Crippen LogP contribution in [0.5, 0.6) is 0 Å². The van der Waals surface area contributed by atoms with Crippen LogP contribution >= 0.6 is 35.0 Å². The third-order valence-electron chi connectivity index (χ3n) is 3.95. The highest BCUT2D eigenvalue weighted by molar-refractivity contribution is 7.99. The first-order chi connectivity index (χ1) is 11.4. The largest absolute Gasteiger partial charge is 0.349 e. The lowest BCUT2D eigenvalue weighted by Gasteiger charge is -2.16. The molecule has 0 aromatic heterocycles. The second-order valence-electron chi connectivity index (χ2n) is 5.83. The Bertz CT molecular complexity index is 713. The number of nitrogens with one attached hydrogen (secondary N) is 1. The Balaban J connectivity index is 1.85. The first-order valence-electron chi connectivity index (χ1n) is 7.75. The van der Waals surface area contributed by atoms with Gasteiger partial charge in [0.25, 0.3) is 0 Å². The van der Waals surface area contributed by atoms with Crippen LogP contribution in [0.3, 0.4) is 0 Å². The molecule has 2 rings (SSSR count). The molecule has 0 aliphatic rings. The van der Waals surface area contributed by atoms with Gasteiger partial charge in [0.15, 0.2) is 0 Å². The molecule has 0 heterocycles. The average molecular weight is 382 g/mol. The van der Waals surface area contributed by atoms with Crippen LogP contribution in [0.4, 0.5) is 0 Å². The first-order valence-corrected chi connectivity index (χ1v) is 9.66. The molecule has 1 atom stereocenters. The number of carbonyl (C=O) groups is 1. The van der Waals surface area contributed by atoms with Crippen LogP contribution in [-0.2, 0) is 10.5 Å². The summed E-state index contributed by atoms with van der Waals surface area (Å²) in [5.41, 5.74) is 4.48. The van der Waals surface area contributed by atoms with E-state index in [0.717, 1.165) is 11.1 Å². The standard InChI is InChI=1S/C19H21Cl2NOS/c1-12-7-8-15(9-13(12)2)14(3)22-19(23)11-24-10-16-17(20)5-4-6-18(16)21/h4-9,14H,10-11H2,1-3H3,(H,22,23)/t14-/m1/s1. The molecular formula is C19H21Cl2NOS. The summed E-state index contributed by atoms with van der Waals surface area (Å²) in [6.07, 6.45) is 0. The van der Waals surface area contributed by atoms with E-state index in [-0.39, 0.29) is 11.9 Å². The smallest absolute Gasteiger partial charge is 0.230 e. The molecule has 0 unspecified atom stereocenters. The van der Waals surface area contributed by atoms with Crippen molar-refractivity contribution in [1.29, 1.82) is 0 Å². The molecule has 1 N–H and O–H groups in total. The summed E-state index contributed by atoms with van der Waals surface area (Å²) in [6.45, 7) is 6.16. The topological polar surface area (TPSA) is 29.1 Å². The van der Waals surface area contributed by atoms with Gasteiger partial charge in [0.05, 0.1) is 11.8 Å². The number of benzene rings is 2. The van der Waals surface area contributed by atoms with Crippen molar-refractivity contribution in [3.8, 4) is 0 Å². The van der Waals surface area contributed by atoms with Gasteiger partial charge < -0.3 is 5.32 Å². The molecule has 2 nitrogen and oxygen atoms in total. The lowest BCUT2D eigenvalue weighted by molar-refractivity contribution is -0.119. The Morgan fingerprint density at radius 3 is 2.42 bits per heavy atom. The SMILES string of the molecule is Cc1ccc([C@@H](C)NC(=O)CSCc2c(Cl)cccc2Cl)cc1C. The van der Waals surface area contributed by atoms with Gasteiger partial charge in [-0.2, -0.15) is 0 Å². The fraction of sp³-hybridized carbons (Fsp3) is 0.316. The molecule has 0 aliphatic heterocycles. The molecule has 2 aromatic carbocycles. The zero-order valence-electron chi connectivity index (χ0n) is 14.0. The Morgan fingerprint density at radius 2 is 1.79 bits per heavy atom. The van der Waals surface area contributed by atoms with E-state index in [1.165, 1.54) is 22.9 Å². The van der Waals surface area contributed by atoms with Crippen molar-refractivity contribution in [3.05, 3.63) is 68.7 Å². The summed E-state index contributed by atoms with van der Waals surface area (Å²) in [5, 5.41) is 4.31. The van der Waals surface area contributed by atoms with E-state index in [2.05, 4.69) is 37.4 Å². The molecule has 24 heavy (non-hydrogen) atoms. The Kier molecular flexibility index (Phi) is 7.02. The highest BCUT2D eigenvalue weighted by Crippen LogP contribution is 2.28. The van der Waals surface area contributed by atoms with Gasteiger partial charge in [0.1, 0.15) is 0 Å². The van der Waals surface area contributed by atoms with Gasteiger partial charge in [0.2, 0.25) is 5.91 Å². The minimum atomic E-state index is -0.0127. The molecule has 0 aliphatic carbocycles. The van der Waals surface area contributed by atoms with Crippen molar-refractivity contribution in [2.75, 3.05) is 5.75 Å². The second-order valence-corrected chi connectivity index (χ2v) is 7.63. The maximum atomic E-state index is 12.1. The number of hydrogen-bond acceptors (Lipinski definition) is 2. The van der Waals surface area contributed by atoms with Gasteiger partial charge in [-0.05, 0) is 55.2 Å². The average Bonchev–Trinajstić information content (AvgIpc) is 2.52. The van der Waals surface area contributed by atoms with Crippen molar-refractivity contribution < 1.29 is 4.79 Å². The minimum Gasteiger partial charge on any atom is -0.349 e. The molecule has 0 bridgehead atoms. The summed E-state index contributed by atoms with van der Waals surface area (Å²) in [6, 6.07) is 11.7. The van der Waals surface area contributed by atoms with Gasteiger partial charge in [-0.25, -0.2) is 0 Å². The highest BCUT2D eigenvalue weighted by atomic mass is 35.5. The van der Waals surface area contributed by atoms with E-state index in [1.54, 1.807) is 0 Å². The molecule has 5 heteroatoms. The molecule has 2 aromatic rings. The lowest BCUT2D eigenvalue weighted by atomic mass is 10.0. The monoisotopic (exact) mass is 381 g/mol. The summed E-state index contributed by atoms with van der Waals surface area (Å²) in [4.78, 5) is 12.1. The number of carbonyl (C=O) groups excluding carboxylic acids is 1. The molecule has 0 spiro atoms. The Morgan fingerprint density at radius 1 is 1.12 bits per heavy atom. The number of aryl methyl sites for hydroxylation is 2. The van der Waals surface area contributed by atoms with Crippen LogP contribution < -0.4 is 5.32 Å². The number of thioether (sulfide) groups is 1. The van der Waals surface area contributed by atoms with E-state index < -0.39 is 0 Å². The van der Waals surface area contributed by atoms with E-state index >= 15 is 0 Å². The minimum absolute atomic E-state index is 0.00824. The van der Waals surface area contributed by atoms with Crippen LogP contribution in [0.25, 0.3) is 0 Å². The zero-order chi connectivity index (χ0) is 17.7. The quantitative estimate of drug-likeness (QED) is 0.692. The Hall–Kier alpha value is -1.16. The highest BCUT2D eigenvalue weighted by Gasteiger charge is 2.11. The summed E-state index contributed by atoms with van der Waals surface area (Å²) in [7, 11) is 0. The summed E-state index contributed by atoms with van der Waals surface area (Å²) < 4.78 is 0. The van der Waals surface area contributed by atoms with Gasteiger partial charge in [-0.1, -0.05) is 47.5 Å². The second kappa shape index (κ2) is 8.80. The number of halogens is 2. The van der Waals surface area contributed by atoms with E-state index in [1.807, 2.05) is 25.1 Å². The maximum Gasteiger partial charge on any atom is 0.230 e. The molecular weight excluding hydrogens is 361 g/mol. The van der Waals surface area contributed by atoms with Crippen molar-refractivity contribution >= 4 is 40.9 Å². The van der Waals surface area contributed by atoms with Crippen LogP contribution in [-0.4, -0.2) is 11.7 Å². The molecule has 128 valence electrons. The molecule has 0 saturated carbocycles. The fourth-order valence-corrected chi connectivity index (χ4v) is 3.89. The maximum absolute atomic E-state index is 12.1. The normalized spacial score (nSPS) is 12.0. The lowest BCUT2D eigenvalue weighted by Crippen LogP contribution is -2.28. The third kappa shape index (κ3) is 5.17. The first kappa shape index (κ1) is 19.2. The fourth-order valence-electron chi connectivity index (χ4n) is 2.32. The van der Waals surface area contributed by atoms with Crippen LogP contribution in [0.1, 0.15) is 35.2 Å². The summed E-state index contributed by atoms with van der Waals surface area (Å²) >= 11 is 13.8. The van der Waals surface area contributed by atoms with Gasteiger partial charge >= 0.3 is 0 Å². The van der Waals surface area contributed by atoms with Gasteiger partial charge in [-0.15, -0.1) is 11.8 Å². The van der Waals surface area contributed by atoms with Crippen molar-refractivity contribution in [1.82, 2.24) is 5.32 Å².